The molecule has 0 bridgehead atoms. The van der Waals surface area contributed by atoms with Gasteiger partial charge in [-0.05, 0) is 54.6 Å². The topological polar surface area (TPSA) is 21.3 Å². The van der Waals surface area contributed by atoms with Crippen LogP contribution in [0.1, 0.15) is 31.9 Å². The highest BCUT2D eigenvalue weighted by Gasteiger charge is 2.20. The maximum atomic E-state index is 5.81. The van der Waals surface area contributed by atoms with Crippen molar-refractivity contribution in [2.24, 2.45) is 11.8 Å². The molecule has 106 valence electrons. The SMILES string of the molecule is CCNCC(C)C(C)Cc1cc(Br)cc2c1OCC2. The highest BCUT2D eigenvalue weighted by molar-refractivity contribution is 9.10. The van der Waals surface area contributed by atoms with Crippen LogP contribution < -0.4 is 10.1 Å². The third kappa shape index (κ3) is 3.73. The van der Waals surface area contributed by atoms with Crippen molar-refractivity contribution < 1.29 is 4.74 Å². The van der Waals surface area contributed by atoms with Crippen LogP contribution in [0.5, 0.6) is 5.75 Å². The molecule has 0 spiro atoms. The van der Waals surface area contributed by atoms with Gasteiger partial charge < -0.3 is 10.1 Å². The summed E-state index contributed by atoms with van der Waals surface area (Å²) in [4.78, 5) is 0. The fraction of sp³-hybridized carbons (Fsp3) is 0.625. The second kappa shape index (κ2) is 6.76. The third-order valence-corrected chi connectivity index (χ3v) is 4.51. The van der Waals surface area contributed by atoms with Crippen LogP contribution in [0.25, 0.3) is 0 Å². The summed E-state index contributed by atoms with van der Waals surface area (Å²) in [6.07, 6.45) is 2.14. The number of ether oxygens (including phenoxy) is 1. The number of hydrogen-bond acceptors (Lipinski definition) is 2. The normalized spacial score (nSPS) is 16.8. The largest absolute Gasteiger partial charge is 0.493 e. The highest BCUT2D eigenvalue weighted by Crippen LogP contribution is 2.35. The van der Waals surface area contributed by atoms with Crippen molar-refractivity contribution in [2.75, 3.05) is 19.7 Å². The van der Waals surface area contributed by atoms with Gasteiger partial charge in [0.15, 0.2) is 0 Å². The monoisotopic (exact) mass is 325 g/mol. The fourth-order valence-electron chi connectivity index (χ4n) is 2.62. The van der Waals surface area contributed by atoms with E-state index in [1.807, 2.05) is 0 Å². The Morgan fingerprint density at radius 3 is 2.84 bits per heavy atom. The molecule has 1 aliphatic rings. The minimum Gasteiger partial charge on any atom is -0.493 e. The van der Waals surface area contributed by atoms with E-state index in [1.54, 1.807) is 0 Å². The number of fused-ring (bicyclic) bond motifs is 1. The number of halogens is 1. The Bertz CT molecular complexity index is 433. The van der Waals surface area contributed by atoms with Gasteiger partial charge in [-0.15, -0.1) is 0 Å². The van der Waals surface area contributed by atoms with Gasteiger partial charge in [-0.1, -0.05) is 36.7 Å². The van der Waals surface area contributed by atoms with Crippen LogP contribution in [0.4, 0.5) is 0 Å². The Morgan fingerprint density at radius 1 is 1.32 bits per heavy atom. The smallest absolute Gasteiger partial charge is 0.125 e. The molecule has 0 fully saturated rings. The summed E-state index contributed by atoms with van der Waals surface area (Å²) in [6.45, 7) is 9.80. The summed E-state index contributed by atoms with van der Waals surface area (Å²) in [7, 11) is 0. The van der Waals surface area contributed by atoms with E-state index in [2.05, 4.69) is 54.2 Å². The molecule has 2 atom stereocenters. The predicted molar refractivity (Wildman–Crippen MR) is 83.9 cm³/mol. The standard InChI is InChI=1S/C16H24BrNO/c1-4-18-10-12(3)11(2)7-14-9-15(17)8-13-5-6-19-16(13)14/h8-9,11-12,18H,4-7,10H2,1-3H3. The fourth-order valence-corrected chi connectivity index (χ4v) is 3.17. The Morgan fingerprint density at radius 2 is 2.11 bits per heavy atom. The minimum absolute atomic E-state index is 0.654. The lowest BCUT2D eigenvalue weighted by Gasteiger charge is -2.21. The lowest BCUT2D eigenvalue weighted by Crippen LogP contribution is -2.26. The average molecular weight is 326 g/mol. The lowest BCUT2D eigenvalue weighted by molar-refractivity contribution is 0.339. The molecule has 0 radical (unpaired) electrons. The van der Waals surface area contributed by atoms with Crippen molar-refractivity contribution >= 4 is 15.9 Å². The average Bonchev–Trinajstić information content (AvgIpc) is 2.83. The summed E-state index contributed by atoms with van der Waals surface area (Å²) in [6, 6.07) is 4.42. The van der Waals surface area contributed by atoms with E-state index >= 15 is 0 Å². The van der Waals surface area contributed by atoms with Crippen LogP contribution in [-0.4, -0.2) is 19.7 Å². The molecule has 2 rings (SSSR count). The molecular formula is C16H24BrNO. The molecule has 0 aliphatic carbocycles. The molecule has 0 aromatic heterocycles. The van der Waals surface area contributed by atoms with Crippen LogP contribution in [0, 0.1) is 11.8 Å². The zero-order chi connectivity index (χ0) is 13.8. The first-order valence-electron chi connectivity index (χ1n) is 7.26. The van der Waals surface area contributed by atoms with Gasteiger partial charge >= 0.3 is 0 Å². The van der Waals surface area contributed by atoms with Crippen molar-refractivity contribution in [1.82, 2.24) is 5.32 Å². The molecule has 1 N–H and O–H groups in total. The summed E-state index contributed by atoms with van der Waals surface area (Å²) in [5, 5.41) is 3.44. The van der Waals surface area contributed by atoms with Gasteiger partial charge in [0, 0.05) is 10.9 Å². The molecular weight excluding hydrogens is 302 g/mol. The zero-order valence-corrected chi connectivity index (χ0v) is 13.7. The third-order valence-electron chi connectivity index (χ3n) is 4.05. The summed E-state index contributed by atoms with van der Waals surface area (Å²) in [5.74, 6) is 2.48. The molecule has 0 amide bonds. The van der Waals surface area contributed by atoms with Crippen LogP contribution in [0.3, 0.4) is 0 Å². The second-order valence-electron chi connectivity index (χ2n) is 5.62. The number of nitrogens with one attached hydrogen (secondary N) is 1. The van der Waals surface area contributed by atoms with Crippen molar-refractivity contribution in [3.8, 4) is 5.75 Å². The van der Waals surface area contributed by atoms with E-state index in [9.17, 15) is 0 Å². The van der Waals surface area contributed by atoms with Crippen LogP contribution in [-0.2, 0) is 12.8 Å². The first-order valence-corrected chi connectivity index (χ1v) is 8.06. The summed E-state index contributed by atoms with van der Waals surface area (Å²) < 4.78 is 6.99. The Hall–Kier alpha value is -0.540. The van der Waals surface area contributed by atoms with E-state index < -0.39 is 0 Å². The zero-order valence-electron chi connectivity index (χ0n) is 12.1. The molecule has 2 unspecified atom stereocenters. The van der Waals surface area contributed by atoms with E-state index in [-0.39, 0.29) is 0 Å². The molecule has 3 heteroatoms. The first kappa shape index (κ1) is 14.9. The van der Waals surface area contributed by atoms with Gasteiger partial charge in [0.05, 0.1) is 6.61 Å². The van der Waals surface area contributed by atoms with Gasteiger partial charge in [-0.3, -0.25) is 0 Å². The second-order valence-corrected chi connectivity index (χ2v) is 6.53. The molecule has 2 nitrogen and oxygen atoms in total. The molecule has 0 saturated heterocycles. The van der Waals surface area contributed by atoms with Gasteiger partial charge in [-0.25, -0.2) is 0 Å². The molecule has 1 heterocycles. The van der Waals surface area contributed by atoms with Crippen LogP contribution in [0.2, 0.25) is 0 Å². The van der Waals surface area contributed by atoms with Crippen molar-refractivity contribution in [3.63, 3.8) is 0 Å². The molecule has 19 heavy (non-hydrogen) atoms. The van der Waals surface area contributed by atoms with Gasteiger partial charge in [-0.2, -0.15) is 0 Å². The van der Waals surface area contributed by atoms with Gasteiger partial charge in [0.1, 0.15) is 5.75 Å². The van der Waals surface area contributed by atoms with E-state index in [0.717, 1.165) is 38.3 Å². The van der Waals surface area contributed by atoms with Crippen LogP contribution >= 0.6 is 15.9 Å². The quantitative estimate of drug-likeness (QED) is 0.858. The summed E-state index contributed by atoms with van der Waals surface area (Å²) in [5.41, 5.74) is 2.72. The van der Waals surface area contributed by atoms with Crippen LogP contribution in [0.15, 0.2) is 16.6 Å². The van der Waals surface area contributed by atoms with E-state index in [1.165, 1.54) is 15.6 Å². The molecule has 1 aliphatic heterocycles. The number of benzene rings is 1. The lowest BCUT2D eigenvalue weighted by atomic mass is 9.88. The highest BCUT2D eigenvalue weighted by atomic mass is 79.9. The van der Waals surface area contributed by atoms with Crippen molar-refractivity contribution in [1.29, 1.82) is 0 Å². The predicted octanol–water partition coefficient (Wildman–Crippen LogP) is 3.81. The maximum absolute atomic E-state index is 5.81. The Kier molecular flexibility index (Phi) is 5.28. The van der Waals surface area contributed by atoms with Gasteiger partial charge in [0.2, 0.25) is 0 Å². The van der Waals surface area contributed by atoms with E-state index in [4.69, 9.17) is 4.74 Å². The van der Waals surface area contributed by atoms with Gasteiger partial charge in [0.25, 0.3) is 0 Å². The summed E-state index contributed by atoms with van der Waals surface area (Å²) >= 11 is 3.62. The Balaban J connectivity index is 2.06. The maximum Gasteiger partial charge on any atom is 0.125 e. The molecule has 1 aromatic rings. The van der Waals surface area contributed by atoms with Crippen molar-refractivity contribution in [3.05, 3.63) is 27.7 Å². The first-order chi connectivity index (χ1) is 9.11. The molecule has 1 aromatic carbocycles. The Labute approximate surface area is 125 Å². The van der Waals surface area contributed by atoms with Crippen molar-refractivity contribution in [2.45, 2.75) is 33.6 Å². The number of hydrogen-bond donors (Lipinski definition) is 1. The minimum atomic E-state index is 0.654. The molecule has 0 saturated carbocycles. The van der Waals surface area contributed by atoms with E-state index in [0.29, 0.717) is 11.8 Å². The number of rotatable bonds is 6.